The van der Waals surface area contributed by atoms with Gasteiger partial charge in [0.2, 0.25) is 11.8 Å². The van der Waals surface area contributed by atoms with Gasteiger partial charge in [0.05, 0.1) is 25.0 Å². The Morgan fingerprint density at radius 3 is 2.94 bits per heavy atom. The lowest BCUT2D eigenvalue weighted by Gasteiger charge is -2.27. The highest BCUT2D eigenvalue weighted by molar-refractivity contribution is 8.14. The van der Waals surface area contributed by atoms with Gasteiger partial charge in [-0.3, -0.25) is 14.6 Å². The summed E-state index contributed by atoms with van der Waals surface area (Å²) in [5, 5.41) is 3.24. The third-order valence-electron chi connectivity index (χ3n) is 2.76. The smallest absolute Gasteiger partial charge is 0.233 e. The lowest BCUT2D eigenvalue weighted by molar-refractivity contribution is -0.132. The first-order valence-electron chi connectivity index (χ1n) is 6.01. The van der Waals surface area contributed by atoms with Crippen LogP contribution in [0.15, 0.2) is 4.99 Å². The Balaban J connectivity index is 1.80. The van der Waals surface area contributed by atoms with E-state index in [1.807, 2.05) is 6.92 Å². The first-order chi connectivity index (χ1) is 8.65. The van der Waals surface area contributed by atoms with Gasteiger partial charge in [-0.15, -0.1) is 0 Å². The van der Waals surface area contributed by atoms with Gasteiger partial charge in [-0.2, -0.15) is 0 Å². The van der Waals surface area contributed by atoms with Crippen molar-refractivity contribution in [1.82, 2.24) is 10.2 Å². The minimum atomic E-state index is -0.0289. The minimum Gasteiger partial charge on any atom is -0.378 e. The number of thioether (sulfide) groups is 1. The zero-order chi connectivity index (χ0) is 13.0. The Hall–Kier alpha value is -1.08. The van der Waals surface area contributed by atoms with Crippen molar-refractivity contribution >= 4 is 28.7 Å². The Morgan fingerprint density at radius 1 is 1.56 bits per heavy atom. The quantitative estimate of drug-likeness (QED) is 0.758. The lowest BCUT2D eigenvalue weighted by atomic mass is 10.2. The van der Waals surface area contributed by atoms with Crippen molar-refractivity contribution in [3.05, 3.63) is 0 Å². The zero-order valence-corrected chi connectivity index (χ0v) is 11.2. The number of nitrogens with one attached hydrogen (secondary N) is 1. The molecule has 0 aromatic carbocycles. The number of ether oxygens (including phenoxy) is 1. The number of rotatable bonds is 2. The van der Waals surface area contributed by atoms with E-state index in [-0.39, 0.29) is 17.9 Å². The molecule has 100 valence electrons. The first kappa shape index (κ1) is 13.4. The average molecular weight is 271 g/mol. The molecule has 7 heteroatoms. The van der Waals surface area contributed by atoms with Crippen LogP contribution in [-0.2, 0) is 14.3 Å². The van der Waals surface area contributed by atoms with Crippen molar-refractivity contribution in [3.63, 3.8) is 0 Å². The summed E-state index contributed by atoms with van der Waals surface area (Å²) in [6, 6.07) is -0.000242. The predicted octanol–water partition coefficient (Wildman–Crippen LogP) is -0.157. The minimum absolute atomic E-state index is 0.000242. The monoisotopic (exact) mass is 271 g/mol. The van der Waals surface area contributed by atoms with Crippen LogP contribution in [0.4, 0.5) is 0 Å². The number of nitrogens with zero attached hydrogens (tertiary/aromatic N) is 2. The molecular weight excluding hydrogens is 254 g/mol. The molecule has 18 heavy (non-hydrogen) atoms. The molecule has 2 aliphatic rings. The van der Waals surface area contributed by atoms with Gasteiger partial charge in [-0.05, 0) is 6.92 Å². The number of carbonyl (C=O) groups excluding carboxylic acids is 2. The van der Waals surface area contributed by atoms with Crippen molar-refractivity contribution in [2.24, 2.45) is 4.99 Å². The molecular formula is C11H17N3O3S. The second-order valence-corrected chi connectivity index (χ2v) is 5.28. The highest BCUT2D eigenvalue weighted by atomic mass is 32.2. The molecule has 1 N–H and O–H groups in total. The standard InChI is InChI=1S/C11H17N3O3S/c1-8-6-9(15)13-11(12-8)18-7-10(16)14-2-4-17-5-3-14/h8H,2-7H2,1H3,(H,12,13,15). The van der Waals surface area contributed by atoms with Gasteiger partial charge in [-0.1, -0.05) is 11.8 Å². The van der Waals surface area contributed by atoms with Crippen molar-refractivity contribution in [3.8, 4) is 0 Å². The van der Waals surface area contributed by atoms with Gasteiger partial charge in [0.25, 0.3) is 0 Å². The summed E-state index contributed by atoms with van der Waals surface area (Å²) in [6.45, 7) is 4.39. The Kier molecular flexibility index (Phi) is 4.60. The number of carbonyl (C=O) groups is 2. The van der Waals surface area contributed by atoms with Crippen LogP contribution >= 0.6 is 11.8 Å². The van der Waals surface area contributed by atoms with Crippen LogP contribution in [0.25, 0.3) is 0 Å². The van der Waals surface area contributed by atoms with Crippen LogP contribution in [0.2, 0.25) is 0 Å². The number of aliphatic imine (C=N–C) groups is 1. The molecule has 0 spiro atoms. The second kappa shape index (κ2) is 6.19. The van der Waals surface area contributed by atoms with E-state index in [1.54, 1.807) is 4.90 Å². The molecule has 1 saturated heterocycles. The molecule has 2 aliphatic heterocycles. The van der Waals surface area contributed by atoms with E-state index in [2.05, 4.69) is 10.3 Å². The summed E-state index contributed by atoms with van der Waals surface area (Å²) in [5.41, 5.74) is 0. The highest BCUT2D eigenvalue weighted by Crippen LogP contribution is 2.12. The molecule has 1 unspecified atom stereocenters. The number of hydrogen-bond donors (Lipinski definition) is 1. The fourth-order valence-electron chi connectivity index (χ4n) is 1.82. The van der Waals surface area contributed by atoms with E-state index in [9.17, 15) is 9.59 Å². The van der Waals surface area contributed by atoms with Gasteiger partial charge in [0, 0.05) is 19.5 Å². The van der Waals surface area contributed by atoms with E-state index in [0.29, 0.717) is 43.6 Å². The van der Waals surface area contributed by atoms with Crippen molar-refractivity contribution in [1.29, 1.82) is 0 Å². The summed E-state index contributed by atoms with van der Waals surface area (Å²) in [4.78, 5) is 29.3. The topological polar surface area (TPSA) is 71.0 Å². The van der Waals surface area contributed by atoms with Crippen LogP contribution in [0.3, 0.4) is 0 Å². The number of hydrogen-bond acceptors (Lipinski definition) is 5. The van der Waals surface area contributed by atoms with E-state index >= 15 is 0 Å². The van der Waals surface area contributed by atoms with Gasteiger partial charge >= 0.3 is 0 Å². The van der Waals surface area contributed by atoms with Crippen molar-refractivity contribution < 1.29 is 14.3 Å². The summed E-state index contributed by atoms with van der Waals surface area (Å²) in [5.74, 6) is 0.351. The maximum Gasteiger partial charge on any atom is 0.233 e. The van der Waals surface area contributed by atoms with Crippen LogP contribution in [0.1, 0.15) is 13.3 Å². The normalized spacial score (nSPS) is 24.5. The fraction of sp³-hybridized carbons (Fsp3) is 0.727. The van der Waals surface area contributed by atoms with Crippen LogP contribution in [-0.4, -0.2) is 60.0 Å². The van der Waals surface area contributed by atoms with E-state index in [0.717, 1.165) is 0 Å². The number of amides is 2. The van der Waals surface area contributed by atoms with Crippen LogP contribution in [0.5, 0.6) is 0 Å². The lowest BCUT2D eigenvalue weighted by Crippen LogP contribution is -2.42. The SMILES string of the molecule is CC1CC(=O)NC(SCC(=O)N2CCOCC2)=N1. The maximum absolute atomic E-state index is 11.9. The molecule has 0 saturated carbocycles. The molecule has 1 atom stereocenters. The maximum atomic E-state index is 11.9. The number of morpholine rings is 1. The van der Waals surface area contributed by atoms with E-state index in [4.69, 9.17) is 4.74 Å². The molecule has 0 aromatic rings. The largest absolute Gasteiger partial charge is 0.378 e. The van der Waals surface area contributed by atoms with Crippen LogP contribution in [0, 0.1) is 0 Å². The third-order valence-corrected chi connectivity index (χ3v) is 3.63. The van der Waals surface area contributed by atoms with Gasteiger partial charge < -0.3 is 15.0 Å². The van der Waals surface area contributed by atoms with Gasteiger partial charge in [0.1, 0.15) is 0 Å². The summed E-state index contributed by atoms with van der Waals surface area (Å²) >= 11 is 1.29. The molecule has 2 amide bonds. The predicted molar refractivity (Wildman–Crippen MR) is 69.5 cm³/mol. The first-order valence-corrected chi connectivity index (χ1v) is 6.99. The Labute approximate surface area is 110 Å². The molecule has 0 aliphatic carbocycles. The molecule has 0 aromatic heterocycles. The Morgan fingerprint density at radius 2 is 2.28 bits per heavy atom. The molecule has 6 nitrogen and oxygen atoms in total. The fourth-order valence-corrected chi connectivity index (χ4v) is 2.71. The molecule has 0 radical (unpaired) electrons. The van der Waals surface area contributed by atoms with Crippen molar-refractivity contribution in [2.75, 3.05) is 32.1 Å². The Bertz CT molecular complexity index is 367. The van der Waals surface area contributed by atoms with Gasteiger partial charge in [-0.25, -0.2) is 0 Å². The summed E-state index contributed by atoms with van der Waals surface area (Å²) in [6.07, 6.45) is 0.418. The van der Waals surface area contributed by atoms with Gasteiger partial charge in [0.15, 0.2) is 5.17 Å². The average Bonchev–Trinajstić information content (AvgIpc) is 2.36. The van der Waals surface area contributed by atoms with E-state index < -0.39 is 0 Å². The highest BCUT2D eigenvalue weighted by Gasteiger charge is 2.21. The number of amidine groups is 1. The summed E-state index contributed by atoms with van der Waals surface area (Å²) in [7, 11) is 0. The molecule has 0 bridgehead atoms. The summed E-state index contributed by atoms with van der Waals surface area (Å²) < 4.78 is 5.19. The van der Waals surface area contributed by atoms with Crippen LogP contribution < -0.4 is 5.32 Å². The third kappa shape index (κ3) is 3.71. The van der Waals surface area contributed by atoms with Crippen molar-refractivity contribution in [2.45, 2.75) is 19.4 Å². The molecule has 2 heterocycles. The molecule has 1 fully saturated rings. The zero-order valence-electron chi connectivity index (χ0n) is 10.3. The second-order valence-electron chi connectivity index (χ2n) is 4.32. The van der Waals surface area contributed by atoms with E-state index in [1.165, 1.54) is 11.8 Å². The molecule has 2 rings (SSSR count).